The molecule has 0 radical (unpaired) electrons. The summed E-state index contributed by atoms with van der Waals surface area (Å²) in [6.07, 6.45) is 0. The van der Waals surface area contributed by atoms with E-state index in [1.54, 1.807) is 7.11 Å². The average molecular weight is 220 g/mol. The van der Waals surface area contributed by atoms with Crippen LogP contribution in [0.1, 0.15) is 11.5 Å². The highest BCUT2D eigenvalue weighted by atomic mass is 16.5. The molecule has 0 unspecified atom stereocenters. The zero-order valence-electron chi connectivity index (χ0n) is 9.10. The van der Waals surface area contributed by atoms with Crippen LogP contribution in [0, 0.1) is 6.92 Å². The summed E-state index contributed by atoms with van der Waals surface area (Å²) in [5.41, 5.74) is 1.86. The van der Waals surface area contributed by atoms with Crippen molar-refractivity contribution < 1.29 is 14.4 Å². The van der Waals surface area contributed by atoms with E-state index in [9.17, 15) is 0 Å². The van der Waals surface area contributed by atoms with Crippen LogP contribution in [0.15, 0.2) is 22.7 Å². The van der Waals surface area contributed by atoms with Crippen molar-refractivity contribution in [3.05, 3.63) is 29.7 Å². The molecule has 0 aliphatic rings. The van der Waals surface area contributed by atoms with Crippen molar-refractivity contribution in [1.29, 1.82) is 0 Å². The van der Waals surface area contributed by atoms with Gasteiger partial charge in [-0.2, -0.15) is 4.98 Å². The Morgan fingerprint density at radius 2 is 2.25 bits per heavy atom. The molecular formula is C11H12N2O3. The van der Waals surface area contributed by atoms with Gasteiger partial charge in [0.05, 0.1) is 7.11 Å². The van der Waals surface area contributed by atoms with Gasteiger partial charge in [-0.1, -0.05) is 5.16 Å². The van der Waals surface area contributed by atoms with Gasteiger partial charge in [-0.05, 0) is 30.7 Å². The SMILES string of the molecule is COc1ccc(-c2noc(CO)n2)c(C)c1. The minimum Gasteiger partial charge on any atom is -0.497 e. The van der Waals surface area contributed by atoms with E-state index in [1.807, 2.05) is 25.1 Å². The summed E-state index contributed by atoms with van der Waals surface area (Å²) in [6, 6.07) is 5.59. The standard InChI is InChI=1S/C11H12N2O3/c1-7-5-8(15-2)3-4-9(7)11-12-10(6-14)16-13-11/h3-5,14H,6H2,1-2H3. The van der Waals surface area contributed by atoms with Gasteiger partial charge in [0, 0.05) is 5.56 Å². The zero-order chi connectivity index (χ0) is 11.5. The molecule has 1 aromatic carbocycles. The van der Waals surface area contributed by atoms with Gasteiger partial charge in [0.25, 0.3) is 5.89 Å². The minimum absolute atomic E-state index is 0.213. The number of hydrogen-bond donors (Lipinski definition) is 1. The van der Waals surface area contributed by atoms with E-state index in [2.05, 4.69) is 10.1 Å². The third kappa shape index (κ3) is 1.90. The molecular weight excluding hydrogens is 208 g/mol. The molecule has 2 rings (SSSR count). The summed E-state index contributed by atoms with van der Waals surface area (Å²) in [4.78, 5) is 4.05. The van der Waals surface area contributed by atoms with Crippen LogP contribution in [0.25, 0.3) is 11.4 Å². The van der Waals surface area contributed by atoms with Crippen LogP contribution >= 0.6 is 0 Å². The Bertz CT molecular complexity index is 494. The van der Waals surface area contributed by atoms with Crippen molar-refractivity contribution in [1.82, 2.24) is 10.1 Å². The molecule has 84 valence electrons. The quantitative estimate of drug-likeness (QED) is 0.849. The zero-order valence-corrected chi connectivity index (χ0v) is 9.10. The molecule has 1 N–H and O–H groups in total. The van der Waals surface area contributed by atoms with Crippen LogP contribution in [-0.2, 0) is 6.61 Å². The highest BCUT2D eigenvalue weighted by molar-refractivity contribution is 5.60. The largest absolute Gasteiger partial charge is 0.497 e. The fourth-order valence-corrected chi connectivity index (χ4v) is 1.44. The fraction of sp³-hybridized carbons (Fsp3) is 0.273. The Balaban J connectivity index is 2.40. The second kappa shape index (κ2) is 4.32. The van der Waals surface area contributed by atoms with Crippen molar-refractivity contribution in [2.24, 2.45) is 0 Å². The van der Waals surface area contributed by atoms with E-state index in [1.165, 1.54) is 0 Å². The molecule has 16 heavy (non-hydrogen) atoms. The summed E-state index contributed by atoms with van der Waals surface area (Å²) in [6.45, 7) is 1.69. The Kier molecular flexibility index (Phi) is 2.87. The van der Waals surface area contributed by atoms with Crippen LogP contribution in [0.2, 0.25) is 0 Å². The van der Waals surface area contributed by atoms with Gasteiger partial charge in [-0.25, -0.2) is 0 Å². The number of methoxy groups -OCH3 is 1. The molecule has 0 amide bonds. The Morgan fingerprint density at radius 3 is 2.81 bits per heavy atom. The van der Waals surface area contributed by atoms with E-state index in [0.29, 0.717) is 5.82 Å². The van der Waals surface area contributed by atoms with Crippen molar-refractivity contribution in [3.63, 3.8) is 0 Å². The first-order valence-electron chi connectivity index (χ1n) is 4.83. The molecule has 0 saturated carbocycles. The predicted octanol–water partition coefficient (Wildman–Crippen LogP) is 1.55. The second-order valence-electron chi connectivity index (χ2n) is 3.35. The fourth-order valence-electron chi connectivity index (χ4n) is 1.44. The number of aliphatic hydroxyl groups excluding tert-OH is 1. The number of ether oxygens (including phenoxy) is 1. The summed E-state index contributed by atoms with van der Waals surface area (Å²) in [5, 5.41) is 12.6. The Morgan fingerprint density at radius 1 is 1.44 bits per heavy atom. The first-order chi connectivity index (χ1) is 7.74. The molecule has 1 heterocycles. The third-order valence-electron chi connectivity index (χ3n) is 2.28. The molecule has 0 aliphatic carbocycles. The lowest BCUT2D eigenvalue weighted by Crippen LogP contribution is -1.89. The molecule has 0 spiro atoms. The van der Waals surface area contributed by atoms with Crippen molar-refractivity contribution in [2.75, 3.05) is 7.11 Å². The summed E-state index contributed by atoms with van der Waals surface area (Å²) in [7, 11) is 1.62. The molecule has 5 nitrogen and oxygen atoms in total. The van der Waals surface area contributed by atoms with Gasteiger partial charge >= 0.3 is 0 Å². The number of nitrogens with zero attached hydrogens (tertiary/aromatic N) is 2. The van der Waals surface area contributed by atoms with Crippen LogP contribution in [-0.4, -0.2) is 22.4 Å². The predicted molar refractivity (Wildman–Crippen MR) is 56.9 cm³/mol. The van der Waals surface area contributed by atoms with Crippen LogP contribution in [0.5, 0.6) is 5.75 Å². The van der Waals surface area contributed by atoms with Crippen molar-refractivity contribution in [2.45, 2.75) is 13.5 Å². The molecule has 0 atom stereocenters. The van der Waals surface area contributed by atoms with Gasteiger partial charge in [0.2, 0.25) is 5.82 Å². The van der Waals surface area contributed by atoms with E-state index in [0.717, 1.165) is 16.9 Å². The number of aliphatic hydroxyl groups is 1. The van der Waals surface area contributed by atoms with Gasteiger partial charge in [-0.15, -0.1) is 0 Å². The van der Waals surface area contributed by atoms with Gasteiger partial charge in [-0.3, -0.25) is 0 Å². The first-order valence-corrected chi connectivity index (χ1v) is 4.83. The van der Waals surface area contributed by atoms with E-state index in [4.69, 9.17) is 14.4 Å². The lowest BCUT2D eigenvalue weighted by Gasteiger charge is -2.03. The van der Waals surface area contributed by atoms with Gasteiger partial charge in [0.15, 0.2) is 0 Å². The monoisotopic (exact) mass is 220 g/mol. The van der Waals surface area contributed by atoms with E-state index in [-0.39, 0.29) is 12.5 Å². The number of aromatic nitrogens is 2. The summed E-state index contributed by atoms with van der Waals surface area (Å²) < 4.78 is 9.95. The molecule has 1 aromatic heterocycles. The number of benzene rings is 1. The molecule has 2 aromatic rings. The topological polar surface area (TPSA) is 68.4 Å². The Hall–Kier alpha value is -1.88. The highest BCUT2D eigenvalue weighted by Crippen LogP contribution is 2.24. The number of aryl methyl sites for hydroxylation is 1. The van der Waals surface area contributed by atoms with Gasteiger partial charge < -0.3 is 14.4 Å². The lowest BCUT2D eigenvalue weighted by molar-refractivity contribution is 0.222. The average Bonchev–Trinajstić information content (AvgIpc) is 2.77. The van der Waals surface area contributed by atoms with Crippen LogP contribution in [0.4, 0.5) is 0 Å². The molecule has 0 fully saturated rings. The van der Waals surface area contributed by atoms with Crippen LogP contribution < -0.4 is 4.74 Å². The Labute approximate surface area is 92.7 Å². The maximum absolute atomic E-state index is 8.83. The third-order valence-corrected chi connectivity index (χ3v) is 2.28. The second-order valence-corrected chi connectivity index (χ2v) is 3.35. The highest BCUT2D eigenvalue weighted by Gasteiger charge is 2.10. The van der Waals surface area contributed by atoms with Crippen molar-refractivity contribution >= 4 is 0 Å². The van der Waals surface area contributed by atoms with Crippen LogP contribution in [0.3, 0.4) is 0 Å². The summed E-state index contributed by atoms with van der Waals surface area (Å²) >= 11 is 0. The minimum atomic E-state index is -0.248. The normalized spacial score (nSPS) is 10.4. The van der Waals surface area contributed by atoms with E-state index < -0.39 is 0 Å². The first kappa shape index (κ1) is 10.6. The lowest BCUT2D eigenvalue weighted by atomic mass is 10.1. The smallest absolute Gasteiger partial charge is 0.252 e. The number of rotatable bonds is 3. The van der Waals surface area contributed by atoms with Crippen molar-refractivity contribution in [3.8, 4) is 17.1 Å². The van der Waals surface area contributed by atoms with Gasteiger partial charge in [0.1, 0.15) is 12.4 Å². The molecule has 0 saturated heterocycles. The molecule has 5 heteroatoms. The maximum atomic E-state index is 8.83. The summed E-state index contributed by atoms with van der Waals surface area (Å²) in [5.74, 6) is 1.47. The molecule has 0 aliphatic heterocycles. The maximum Gasteiger partial charge on any atom is 0.252 e. The van der Waals surface area contributed by atoms with E-state index >= 15 is 0 Å². The molecule has 0 bridgehead atoms. The number of hydrogen-bond acceptors (Lipinski definition) is 5.